The van der Waals surface area contributed by atoms with Crippen molar-refractivity contribution in [2.24, 2.45) is 0 Å². The summed E-state index contributed by atoms with van der Waals surface area (Å²) in [5.41, 5.74) is 1.40. The number of hydrogen-bond donors (Lipinski definition) is 2. The number of pyridine rings is 1. The summed E-state index contributed by atoms with van der Waals surface area (Å²) in [6.45, 7) is 0.466. The molecule has 0 bridgehead atoms. The van der Waals surface area contributed by atoms with Gasteiger partial charge in [-0.2, -0.15) is 0 Å². The lowest BCUT2D eigenvalue weighted by molar-refractivity contribution is 0.0950. The number of H-pyrrole nitrogens is 1. The van der Waals surface area contributed by atoms with E-state index in [1.54, 1.807) is 18.5 Å². The standard InChI is InChI=1S/C11H10ClN3O/c12-10-2-4-14-7-9(10)11(16)15-6-8-1-3-13-5-8/h1-5,7,13H,6H2,(H,15,16). The van der Waals surface area contributed by atoms with Crippen LogP contribution in [0.2, 0.25) is 5.02 Å². The van der Waals surface area contributed by atoms with Gasteiger partial charge in [-0.05, 0) is 17.7 Å². The molecule has 82 valence electrons. The topological polar surface area (TPSA) is 57.8 Å². The molecule has 0 spiro atoms. The van der Waals surface area contributed by atoms with Crippen LogP contribution in [0.15, 0.2) is 36.9 Å². The second-order valence-corrected chi connectivity index (χ2v) is 3.66. The zero-order valence-corrected chi connectivity index (χ0v) is 9.16. The van der Waals surface area contributed by atoms with E-state index in [4.69, 9.17) is 11.6 Å². The fourth-order valence-electron chi connectivity index (χ4n) is 1.29. The molecule has 0 atom stereocenters. The number of rotatable bonds is 3. The number of nitrogens with one attached hydrogen (secondary N) is 2. The first-order valence-corrected chi connectivity index (χ1v) is 5.14. The molecule has 2 N–H and O–H groups in total. The molecule has 0 unspecified atom stereocenters. The molecule has 2 aromatic heterocycles. The monoisotopic (exact) mass is 235 g/mol. The molecule has 0 saturated carbocycles. The van der Waals surface area contributed by atoms with Gasteiger partial charge in [0.2, 0.25) is 0 Å². The molecular formula is C11H10ClN3O. The van der Waals surface area contributed by atoms with Crippen LogP contribution >= 0.6 is 11.6 Å². The number of halogens is 1. The van der Waals surface area contributed by atoms with Crippen molar-refractivity contribution in [1.29, 1.82) is 0 Å². The molecule has 16 heavy (non-hydrogen) atoms. The minimum Gasteiger partial charge on any atom is -0.367 e. The third-order valence-electron chi connectivity index (χ3n) is 2.13. The lowest BCUT2D eigenvalue weighted by Crippen LogP contribution is -2.23. The van der Waals surface area contributed by atoms with Gasteiger partial charge in [0.15, 0.2) is 0 Å². The number of carbonyl (C=O) groups excluding carboxylic acids is 1. The average molecular weight is 236 g/mol. The van der Waals surface area contributed by atoms with E-state index in [1.807, 2.05) is 12.3 Å². The Bertz CT molecular complexity index is 482. The van der Waals surface area contributed by atoms with Gasteiger partial charge < -0.3 is 10.3 Å². The fraction of sp³-hybridized carbons (Fsp3) is 0.0909. The van der Waals surface area contributed by atoms with Gasteiger partial charge in [0.1, 0.15) is 0 Å². The molecule has 0 aliphatic rings. The molecule has 2 rings (SSSR count). The fourth-order valence-corrected chi connectivity index (χ4v) is 1.48. The Morgan fingerprint density at radius 1 is 1.50 bits per heavy atom. The Morgan fingerprint density at radius 2 is 2.38 bits per heavy atom. The summed E-state index contributed by atoms with van der Waals surface area (Å²) in [4.78, 5) is 18.5. The van der Waals surface area contributed by atoms with Crippen molar-refractivity contribution < 1.29 is 4.79 Å². The molecule has 0 radical (unpaired) electrons. The smallest absolute Gasteiger partial charge is 0.254 e. The molecule has 1 amide bonds. The van der Waals surface area contributed by atoms with E-state index >= 15 is 0 Å². The van der Waals surface area contributed by atoms with E-state index in [0.717, 1.165) is 5.56 Å². The van der Waals surface area contributed by atoms with Crippen LogP contribution in [-0.2, 0) is 6.54 Å². The quantitative estimate of drug-likeness (QED) is 0.855. The van der Waals surface area contributed by atoms with Gasteiger partial charge in [-0.25, -0.2) is 0 Å². The Kier molecular flexibility index (Phi) is 3.22. The molecular weight excluding hydrogens is 226 g/mol. The van der Waals surface area contributed by atoms with E-state index in [0.29, 0.717) is 17.1 Å². The number of amides is 1. The lowest BCUT2D eigenvalue weighted by atomic mass is 10.2. The van der Waals surface area contributed by atoms with Crippen LogP contribution in [0.3, 0.4) is 0 Å². The van der Waals surface area contributed by atoms with E-state index in [9.17, 15) is 4.79 Å². The van der Waals surface area contributed by atoms with Gasteiger partial charge in [0.05, 0.1) is 10.6 Å². The second kappa shape index (κ2) is 4.81. The highest BCUT2D eigenvalue weighted by Crippen LogP contribution is 2.13. The summed E-state index contributed by atoms with van der Waals surface area (Å²) in [6, 6.07) is 3.48. The SMILES string of the molecule is O=C(NCc1cc[nH]c1)c1cnccc1Cl. The molecule has 5 heteroatoms. The highest BCUT2D eigenvalue weighted by molar-refractivity contribution is 6.33. The second-order valence-electron chi connectivity index (χ2n) is 3.26. The third kappa shape index (κ3) is 2.41. The summed E-state index contributed by atoms with van der Waals surface area (Å²) >= 11 is 5.87. The third-order valence-corrected chi connectivity index (χ3v) is 2.46. The molecule has 2 aromatic rings. The predicted molar refractivity (Wildman–Crippen MR) is 61.2 cm³/mol. The van der Waals surface area contributed by atoms with Crippen molar-refractivity contribution in [1.82, 2.24) is 15.3 Å². The Labute approximate surface area is 97.7 Å². The average Bonchev–Trinajstić information content (AvgIpc) is 2.79. The van der Waals surface area contributed by atoms with Crippen LogP contribution in [0, 0.1) is 0 Å². The maximum Gasteiger partial charge on any atom is 0.254 e. The maximum absolute atomic E-state index is 11.7. The van der Waals surface area contributed by atoms with Crippen LogP contribution in [0.5, 0.6) is 0 Å². The molecule has 0 fully saturated rings. The maximum atomic E-state index is 11.7. The van der Waals surface area contributed by atoms with E-state index < -0.39 is 0 Å². The molecule has 4 nitrogen and oxygen atoms in total. The summed E-state index contributed by atoms with van der Waals surface area (Å²) in [5, 5.41) is 3.16. The van der Waals surface area contributed by atoms with Crippen LogP contribution in [0.1, 0.15) is 15.9 Å². The molecule has 0 aliphatic heterocycles. The van der Waals surface area contributed by atoms with Gasteiger partial charge in [-0.3, -0.25) is 9.78 Å². The van der Waals surface area contributed by atoms with E-state index in [-0.39, 0.29) is 5.91 Å². The molecule has 2 heterocycles. The van der Waals surface area contributed by atoms with Gasteiger partial charge in [-0.1, -0.05) is 11.6 Å². The first-order chi connectivity index (χ1) is 7.77. The highest BCUT2D eigenvalue weighted by Gasteiger charge is 2.09. The van der Waals surface area contributed by atoms with Crippen LogP contribution in [0.25, 0.3) is 0 Å². The highest BCUT2D eigenvalue weighted by atomic mass is 35.5. The van der Waals surface area contributed by atoms with Crippen molar-refractivity contribution >= 4 is 17.5 Å². The predicted octanol–water partition coefficient (Wildman–Crippen LogP) is 1.99. The van der Waals surface area contributed by atoms with Crippen molar-refractivity contribution in [2.45, 2.75) is 6.54 Å². The van der Waals surface area contributed by atoms with Gasteiger partial charge in [-0.15, -0.1) is 0 Å². The minimum absolute atomic E-state index is 0.223. The summed E-state index contributed by atoms with van der Waals surface area (Å²) in [7, 11) is 0. The van der Waals surface area contributed by atoms with Crippen LogP contribution in [0.4, 0.5) is 0 Å². The summed E-state index contributed by atoms with van der Waals surface area (Å²) in [6.07, 6.45) is 6.63. The number of aromatic amines is 1. The lowest BCUT2D eigenvalue weighted by Gasteiger charge is -2.04. The van der Waals surface area contributed by atoms with Crippen LogP contribution in [-0.4, -0.2) is 15.9 Å². The minimum atomic E-state index is -0.223. The first-order valence-electron chi connectivity index (χ1n) is 4.77. The van der Waals surface area contributed by atoms with Gasteiger partial charge in [0, 0.05) is 31.3 Å². The van der Waals surface area contributed by atoms with Crippen molar-refractivity contribution in [3.05, 3.63) is 53.1 Å². The Balaban J connectivity index is 2.01. The first kappa shape index (κ1) is 10.7. The van der Waals surface area contributed by atoms with Crippen molar-refractivity contribution in [3.63, 3.8) is 0 Å². The zero-order chi connectivity index (χ0) is 11.4. The van der Waals surface area contributed by atoms with E-state index in [2.05, 4.69) is 15.3 Å². The number of hydrogen-bond acceptors (Lipinski definition) is 2. The largest absolute Gasteiger partial charge is 0.367 e. The molecule has 0 aliphatic carbocycles. The number of nitrogens with zero attached hydrogens (tertiary/aromatic N) is 1. The van der Waals surface area contributed by atoms with E-state index in [1.165, 1.54) is 6.20 Å². The normalized spacial score (nSPS) is 10.1. The summed E-state index contributed by atoms with van der Waals surface area (Å²) in [5.74, 6) is -0.223. The van der Waals surface area contributed by atoms with Gasteiger partial charge in [0.25, 0.3) is 5.91 Å². The zero-order valence-electron chi connectivity index (χ0n) is 8.40. The Morgan fingerprint density at radius 3 is 3.06 bits per heavy atom. The van der Waals surface area contributed by atoms with Gasteiger partial charge >= 0.3 is 0 Å². The number of carbonyl (C=O) groups is 1. The van der Waals surface area contributed by atoms with Crippen molar-refractivity contribution in [3.8, 4) is 0 Å². The number of aromatic nitrogens is 2. The summed E-state index contributed by atoms with van der Waals surface area (Å²) < 4.78 is 0. The molecule has 0 saturated heterocycles. The molecule has 0 aromatic carbocycles. The van der Waals surface area contributed by atoms with Crippen molar-refractivity contribution in [2.75, 3.05) is 0 Å². The van der Waals surface area contributed by atoms with Crippen LogP contribution < -0.4 is 5.32 Å². The Hall–Kier alpha value is -1.81.